The van der Waals surface area contributed by atoms with Gasteiger partial charge in [0.2, 0.25) is 5.91 Å². The van der Waals surface area contributed by atoms with E-state index in [1.807, 2.05) is 6.92 Å². The van der Waals surface area contributed by atoms with Crippen LogP contribution in [0.4, 0.5) is 0 Å². The quantitative estimate of drug-likeness (QED) is 0.587. The van der Waals surface area contributed by atoms with Crippen LogP contribution < -0.4 is 5.32 Å². The topological polar surface area (TPSA) is 42.0 Å². The van der Waals surface area contributed by atoms with Crippen molar-refractivity contribution in [1.82, 2.24) is 10.3 Å². The Hall–Kier alpha value is -1.63. The monoisotopic (exact) mass is 400 g/mol. The van der Waals surface area contributed by atoms with Crippen molar-refractivity contribution >= 4 is 40.3 Å². The molecule has 0 saturated carbocycles. The lowest BCUT2D eigenvalue weighted by Crippen LogP contribution is -2.24. The maximum atomic E-state index is 12.2. The van der Waals surface area contributed by atoms with E-state index in [-0.39, 0.29) is 5.91 Å². The summed E-state index contributed by atoms with van der Waals surface area (Å²) in [5, 5.41) is 6.18. The normalized spacial score (nSPS) is 13.0. The Morgan fingerprint density at radius 1 is 1.23 bits per heavy atom. The number of aryl methyl sites for hydroxylation is 3. The zero-order valence-corrected chi connectivity index (χ0v) is 17.0. The molecule has 0 aliphatic heterocycles. The van der Waals surface area contributed by atoms with E-state index >= 15 is 0 Å². The molecule has 0 bridgehead atoms. The van der Waals surface area contributed by atoms with Crippen molar-refractivity contribution in [2.24, 2.45) is 0 Å². The summed E-state index contributed by atoms with van der Waals surface area (Å²) in [6, 6.07) is 10.8. The minimum atomic E-state index is 0.0787. The molecule has 2 heterocycles. The number of hydrogen-bond donors (Lipinski definition) is 1. The third kappa shape index (κ3) is 4.19. The van der Waals surface area contributed by atoms with Crippen LogP contribution in [0.2, 0.25) is 0 Å². The van der Waals surface area contributed by atoms with Gasteiger partial charge in [-0.25, -0.2) is 4.98 Å². The number of carbonyl (C=O) groups excluding carboxylic acids is 1. The fourth-order valence-electron chi connectivity index (χ4n) is 3.11. The van der Waals surface area contributed by atoms with Crippen LogP contribution in [0.5, 0.6) is 0 Å². The Balaban J connectivity index is 1.27. The Morgan fingerprint density at radius 2 is 2.12 bits per heavy atom. The van der Waals surface area contributed by atoms with Gasteiger partial charge in [-0.05, 0) is 61.6 Å². The predicted molar refractivity (Wildman–Crippen MR) is 111 cm³/mol. The van der Waals surface area contributed by atoms with E-state index in [0.717, 1.165) is 20.5 Å². The highest BCUT2D eigenvalue weighted by molar-refractivity contribution is 8.00. The van der Waals surface area contributed by atoms with Gasteiger partial charge in [-0.3, -0.25) is 4.79 Å². The zero-order valence-electron chi connectivity index (χ0n) is 14.6. The first-order valence-electron chi connectivity index (χ1n) is 8.70. The highest BCUT2D eigenvalue weighted by Gasteiger charge is 2.12. The Morgan fingerprint density at radius 3 is 2.96 bits per heavy atom. The Kier molecular flexibility index (Phi) is 5.43. The largest absolute Gasteiger partial charge is 0.350 e. The van der Waals surface area contributed by atoms with E-state index in [9.17, 15) is 4.79 Å². The van der Waals surface area contributed by atoms with Crippen molar-refractivity contribution < 1.29 is 4.79 Å². The van der Waals surface area contributed by atoms with Gasteiger partial charge in [0.1, 0.15) is 0 Å². The number of amides is 1. The molecule has 2 aromatic heterocycles. The maximum absolute atomic E-state index is 12.2. The first-order valence-corrected chi connectivity index (χ1v) is 11.4. The molecule has 1 aliphatic carbocycles. The zero-order chi connectivity index (χ0) is 17.9. The van der Waals surface area contributed by atoms with E-state index in [4.69, 9.17) is 0 Å². The summed E-state index contributed by atoms with van der Waals surface area (Å²) >= 11 is 4.97. The van der Waals surface area contributed by atoms with E-state index < -0.39 is 0 Å². The SMILES string of the molecule is Cc1nc(-c2ccc(CNC(=O)CSc3ccc4c(c3)CCC4)s2)cs1. The molecule has 4 rings (SSSR count). The van der Waals surface area contributed by atoms with Crippen LogP contribution in [0.1, 0.15) is 27.4 Å². The van der Waals surface area contributed by atoms with Gasteiger partial charge in [0, 0.05) is 15.2 Å². The summed E-state index contributed by atoms with van der Waals surface area (Å²) in [4.78, 5) is 20.2. The molecule has 0 atom stereocenters. The number of nitrogens with zero attached hydrogens (tertiary/aromatic N) is 1. The number of fused-ring (bicyclic) bond motifs is 1. The van der Waals surface area contributed by atoms with Gasteiger partial charge < -0.3 is 5.32 Å². The summed E-state index contributed by atoms with van der Waals surface area (Å²) < 4.78 is 0. The number of thiophene rings is 1. The van der Waals surface area contributed by atoms with E-state index in [0.29, 0.717) is 12.3 Å². The number of nitrogens with one attached hydrogen (secondary N) is 1. The van der Waals surface area contributed by atoms with Crippen LogP contribution in [0, 0.1) is 6.92 Å². The van der Waals surface area contributed by atoms with Crippen molar-refractivity contribution in [2.75, 3.05) is 5.75 Å². The summed E-state index contributed by atoms with van der Waals surface area (Å²) in [5.41, 5.74) is 3.96. The van der Waals surface area contributed by atoms with Crippen LogP contribution in [-0.2, 0) is 24.2 Å². The molecule has 1 N–H and O–H groups in total. The highest BCUT2D eigenvalue weighted by atomic mass is 32.2. The molecular weight excluding hydrogens is 380 g/mol. The molecule has 0 spiro atoms. The van der Waals surface area contributed by atoms with Crippen LogP contribution in [-0.4, -0.2) is 16.6 Å². The van der Waals surface area contributed by atoms with Gasteiger partial charge in [-0.2, -0.15) is 0 Å². The molecule has 1 aliphatic rings. The van der Waals surface area contributed by atoms with Gasteiger partial charge >= 0.3 is 0 Å². The number of benzene rings is 1. The summed E-state index contributed by atoms with van der Waals surface area (Å²) in [6.07, 6.45) is 3.63. The Labute approximate surface area is 165 Å². The van der Waals surface area contributed by atoms with Crippen molar-refractivity contribution in [3.05, 3.63) is 56.7 Å². The van der Waals surface area contributed by atoms with E-state index in [2.05, 4.69) is 46.0 Å². The van der Waals surface area contributed by atoms with Gasteiger partial charge in [-0.15, -0.1) is 34.4 Å². The average molecular weight is 401 g/mol. The molecule has 0 fully saturated rings. The fourth-order valence-corrected chi connectivity index (χ4v) is 5.50. The molecule has 3 nitrogen and oxygen atoms in total. The molecular formula is C20H20N2OS3. The first-order chi connectivity index (χ1) is 12.7. The average Bonchev–Trinajstić information content (AvgIpc) is 3.37. The number of thioether (sulfide) groups is 1. The number of carbonyl (C=O) groups is 1. The minimum Gasteiger partial charge on any atom is -0.350 e. The summed E-state index contributed by atoms with van der Waals surface area (Å²) in [5.74, 6) is 0.539. The van der Waals surface area contributed by atoms with Crippen molar-refractivity contribution in [1.29, 1.82) is 0 Å². The molecule has 26 heavy (non-hydrogen) atoms. The van der Waals surface area contributed by atoms with Gasteiger partial charge in [0.25, 0.3) is 0 Å². The van der Waals surface area contributed by atoms with Crippen molar-refractivity contribution in [3.8, 4) is 10.6 Å². The van der Waals surface area contributed by atoms with Crippen molar-refractivity contribution in [2.45, 2.75) is 37.6 Å². The predicted octanol–water partition coefficient (Wildman–Crippen LogP) is 5.08. The lowest BCUT2D eigenvalue weighted by molar-refractivity contribution is -0.118. The smallest absolute Gasteiger partial charge is 0.230 e. The number of aromatic nitrogens is 1. The van der Waals surface area contributed by atoms with Crippen LogP contribution in [0.3, 0.4) is 0 Å². The molecule has 1 amide bonds. The Bertz CT molecular complexity index is 929. The number of hydrogen-bond acceptors (Lipinski definition) is 5. The lowest BCUT2D eigenvalue weighted by Gasteiger charge is -2.06. The van der Waals surface area contributed by atoms with Gasteiger partial charge in [-0.1, -0.05) is 6.07 Å². The van der Waals surface area contributed by atoms with Gasteiger partial charge in [0.05, 0.1) is 27.9 Å². The molecule has 134 valence electrons. The second-order valence-electron chi connectivity index (χ2n) is 6.37. The van der Waals surface area contributed by atoms with Crippen molar-refractivity contribution in [3.63, 3.8) is 0 Å². The third-order valence-electron chi connectivity index (χ3n) is 4.43. The molecule has 6 heteroatoms. The molecule has 0 saturated heterocycles. The molecule has 3 aromatic rings. The van der Waals surface area contributed by atoms with E-state index in [1.54, 1.807) is 34.4 Å². The molecule has 0 unspecified atom stereocenters. The number of thiazole rings is 1. The molecule has 0 radical (unpaired) electrons. The van der Waals surface area contributed by atoms with Gasteiger partial charge in [0.15, 0.2) is 0 Å². The second kappa shape index (κ2) is 7.94. The standard InChI is InChI=1S/C20H20N2OS3/c1-13-22-18(11-24-13)19-8-7-17(26-19)10-21-20(23)12-25-16-6-5-14-3-2-4-15(14)9-16/h5-9,11H,2-4,10,12H2,1H3,(H,21,23). The second-order valence-corrected chi connectivity index (χ2v) is 9.65. The maximum Gasteiger partial charge on any atom is 0.230 e. The third-order valence-corrected chi connectivity index (χ3v) is 7.31. The van der Waals surface area contributed by atoms with E-state index in [1.165, 1.54) is 35.3 Å². The van der Waals surface area contributed by atoms with Crippen LogP contribution in [0.15, 0.2) is 40.6 Å². The first kappa shape index (κ1) is 17.8. The molecule has 1 aromatic carbocycles. The fraction of sp³-hybridized carbons (Fsp3) is 0.300. The highest BCUT2D eigenvalue weighted by Crippen LogP contribution is 2.29. The number of rotatable bonds is 6. The van der Waals surface area contributed by atoms with Crippen LogP contribution in [0.25, 0.3) is 10.6 Å². The summed E-state index contributed by atoms with van der Waals surface area (Å²) in [7, 11) is 0. The van der Waals surface area contributed by atoms with Crippen LogP contribution >= 0.6 is 34.4 Å². The lowest BCUT2D eigenvalue weighted by atomic mass is 10.1. The summed E-state index contributed by atoms with van der Waals surface area (Å²) in [6.45, 7) is 2.60. The minimum absolute atomic E-state index is 0.0787.